The summed E-state index contributed by atoms with van der Waals surface area (Å²) in [7, 11) is -4.10. The molecule has 21 heavy (non-hydrogen) atoms. The minimum atomic E-state index is -4.10. The van der Waals surface area contributed by atoms with Crippen molar-refractivity contribution in [2.45, 2.75) is 38.5 Å². The van der Waals surface area contributed by atoms with E-state index in [2.05, 4.69) is 0 Å². The lowest BCUT2D eigenvalue weighted by molar-refractivity contribution is 0.0442. The molecule has 0 spiro atoms. The summed E-state index contributed by atoms with van der Waals surface area (Å²) in [4.78, 5) is 11.6. The molecular formula is C14H20FNO4S. The second-order valence-electron chi connectivity index (χ2n) is 5.11. The van der Waals surface area contributed by atoms with Crippen LogP contribution in [-0.2, 0) is 14.8 Å². The fourth-order valence-electron chi connectivity index (χ4n) is 2.03. The maximum absolute atomic E-state index is 13.5. The standard InChI is InChI=1S/C14H20FNO4S/c1-4-5-9(2)8-20-14(17)12-6-11(15)7-13(10(12)3)21(16,18)19/h6-7,9H,4-5,8H2,1-3H3,(H2,16,18,19). The number of sulfonamides is 1. The van der Waals surface area contributed by atoms with Crippen LogP contribution < -0.4 is 5.14 Å². The minimum Gasteiger partial charge on any atom is -0.462 e. The van der Waals surface area contributed by atoms with E-state index >= 15 is 0 Å². The van der Waals surface area contributed by atoms with Crippen LogP contribution in [0.4, 0.5) is 4.39 Å². The molecule has 0 radical (unpaired) electrons. The maximum Gasteiger partial charge on any atom is 0.338 e. The fourth-order valence-corrected chi connectivity index (χ4v) is 2.85. The Balaban J connectivity index is 3.03. The van der Waals surface area contributed by atoms with Crippen molar-refractivity contribution in [3.8, 4) is 0 Å². The van der Waals surface area contributed by atoms with E-state index in [1.165, 1.54) is 6.92 Å². The van der Waals surface area contributed by atoms with Crippen molar-refractivity contribution in [1.29, 1.82) is 0 Å². The van der Waals surface area contributed by atoms with Crippen molar-refractivity contribution >= 4 is 16.0 Å². The third kappa shape index (κ3) is 4.78. The van der Waals surface area contributed by atoms with Gasteiger partial charge in [-0.3, -0.25) is 0 Å². The predicted molar refractivity (Wildman–Crippen MR) is 76.9 cm³/mol. The largest absolute Gasteiger partial charge is 0.462 e. The highest BCUT2D eigenvalue weighted by Gasteiger charge is 2.21. The van der Waals surface area contributed by atoms with Gasteiger partial charge in [0.15, 0.2) is 0 Å². The molecule has 1 rings (SSSR count). The van der Waals surface area contributed by atoms with Gasteiger partial charge < -0.3 is 4.74 Å². The molecule has 0 aliphatic rings. The van der Waals surface area contributed by atoms with Crippen LogP contribution in [0.25, 0.3) is 0 Å². The first-order chi connectivity index (χ1) is 9.66. The predicted octanol–water partition coefficient (Wildman–Crippen LogP) is 2.37. The van der Waals surface area contributed by atoms with Gasteiger partial charge in [-0.1, -0.05) is 20.3 Å². The number of esters is 1. The van der Waals surface area contributed by atoms with Gasteiger partial charge in [0.2, 0.25) is 10.0 Å². The van der Waals surface area contributed by atoms with E-state index < -0.39 is 26.7 Å². The quantitative estimate of drug-likeness (QED) is 0.816. The number of ether oxygens (including phenoxy) is 1. The number of benzene rings is 1. The van der Waals surface area contributed by atoms with Gasteiger partial charge in [0.1, 0.15) is 5.82 Å². The number of nitrogens with two attached hydrogens (primary N) is 1. The zero-order valence-corrected chi connectivity index (χ0v) is 13.2. The molecule has 0 aromatic heterocycles. The Labute approximate surface area is 124 Å². The monoisotopic (exact) mass is 317 g/mol. The molecule has 2 N–H and O–H groups in total. The fraction of sp³-hybridized carbons (Fsp3) is 0.500. The van der Waals surface area contributed by atoms with Crippen LogP contribution in [0.5, 0.6) is 0 Å². The van der Waals surface area contributed by atoms with Crippen molar-refractivity contribution in [2.24, 2.45) is 11.1 Å². The van der Waals surface area contributed by atoms with E-state index in [-0.39, 0.29) is 23.7 Å². The molecule has 7 heteroatoms. The number of carbonyl (C=O) groups excluding carboxylic acids is 1. The van der Waals surface area contributed by atoms with Gasteiger partial charge in [0, 0.05) is 0 Å². The van der Waals surface area contributed by atoms with Crippen LogP contribution in [0.1, 0.15) is 42.6 Å². The molecule has 0 fully saturated rings. The Morgan fingerprint density at radius 2 is 2.05 bits per heavy atom. The third-order valence-corrected chi connectivity index (χ3v) is 4.17. The van der Waals surface area contributed by atoms with Crippen LogP contribution >= 0.6 is 0 Å². The topological polar surface area (TPSA) is 86.5 Å². The Morgan fingerprint density at radius 3 is 2.57 bits per heavy atom. The van der Waals surface area contributed by atoms with E-state index in [4.69, 9.17) is 9.88 Å². The first-order valence-electron chi connectivity index (χ1n) is 6.66. The molecule has 0 heterocycles. The molecule has 5 nitrogen and oxygen atoms in total. The molecule has 0 amide bonds. The molecule has 118 valence electrons. The van der Waals surface area contributed by atoms with Crippen molar-refractivity contribution in [3.63, 3.8) is 0 Å². The lowest BCUT2D eigenvalue weighted by atomic mass is 10.1. The molecule has 0 saturated carbocycles. The van der Waals surface area contributed by atoms with Crippen molar-refractivity contribution in [3.05, 3.63) is 29.1 Å². The van der Waals surface area contributed by atoms with Crippen molar-refractivity contribution in [2.75, 3.05) is 6.61 Å². The van der Waals surface area contributed by atoms with Gasteiger partial charge in [-0.05, 0) is 37.0 Å². The average molecular weight is 317 g/mol. The number of hydrogen-bond donors (Lipinski definition) is 1. The second kappa shape index (κ2) is 7.00. The minimum absolute atomic E-state index is 0.0899. The Morgan fingerprint density at radius 1 is 1.43 bits per heavy atom. The highest BCUT2D eigenvalue weighted by atomic mass is 32.2. The van der Waals surface area contributed by atoms with Crippen LogP contribution in [-0.4, -0.2) is 21.0 Å². The molecule has 0 aliphatic heterocycles. The molecule has 1 unspecified atom stereocenters. The van der Waals surface area contributed by atoms with Crippen LogP contribution in [0.2, 0.25) is 0 Å². The van der Waals surface area contributed by atoms with E-state index in [0.29, 0.717) is 0 Å². The Bertz CT molecular complexity index is 628. The SMILES string of the molecule is CCCC(C)COC(=O)c1cc(F)cc(S(N)(=O)=O)c1C. The molecular weight excluding hydrogens is 297 g/mol. The number of carbonyl (C=O) groups is 1. The summed E-state index contributed by atoms with van der Waals surface area (Å²) in [6.45, 7) is 5.55. The summed E-state index contributed by atoms with van der Waals surface area (Å²) < 4.78 is 41.4. The summed E-state index contributed by atoms with van der Waals surface area (Å²) in [5.41, 5.74) is -0.0326. The highest BCUT2D eigenvalue weighted by Crippen LogP contribution is 2.21. The van der Waals surface area contributed by atoms with E-state index in [0.717, 1.165) is 25.0 Å². The summed E-state index contributed by atoms with van der Waals surface area (Å²) in [6, 6.07) is 1.75. The molecule has 1 aromatic rings. The van der Waals surface area contributed by atoms with E-state index in [9.17, 15) is 17.6 Å². The normalized spacial score (nSPS) is 13.0. The van der Waals surface area contributed by atoms with Crippen LogP contribution in [0.3, 0.4) is 0 Å². The van der Waals surface area contributed by atoms with E-state index in [1.807, 2.05) is 13.8 Å². The molecule has 1 atom stereocenters. The first-order valence-corrected chi connectivity index (χ1v) is 8.21. The molecule has 0 saturated heterocycles. The zero-order chi connectivity index (χ0) is 16.2. The molecule has 0 bridgehead atoms. The third-order valence-electron chi connectivity index (χ3n) is 3.13. The highest BCUT2D eigenvalue weighted by molar-refractivity contribution is 7.89. The summed E-state index contributed by atoms with van der Waals surface area (Å²) >= 11 is 0. The van der Waals surface area contributed by atoms with Gasteiger partial charge in [0.25, 0.3) is 0 Å². The number of halogens is 1. The van der Waals surface area contributed by atoms with Crippen LogP contribution in [0, 0.1) is 18.7 Å². The summed E-state index contributed by atoms with van der Waals surface area (Å²) in [5.74, 6) is -1.41. The lowest BCUT2D eigenvalue weighted by Gasteiger charge is -2.13. The molecule has 0 aliphatic carbocycles. The van der Waals surface area contributed by atoms with Crippen LogP contribution in [0.15, 0.2) is 17.0 Å². The smallest absolute Gasteiger partial charge is 0.338 e. The second-order valence-corrected chi connectivity index (χ2v) is 6.64. The summed E-state index contributed by atoms with van der Waals surface area (Å²) in [6.07, 6.45) is 1.87. The van der Waals surface area contributed by atoms with Gasteiger partial charge in [0.05, 0.1) is 17.1 Å². The summed E-state index contributed by atoms with van der Waals surface area (Å²) in [5, 5.41) is 5.01. The molecule has 1 aromatic carbocycles. The van der Waals surface area contributed by atoms with Gasteiger partial charge in [-0.25, -0.2) is 22.7 Å². The maximum atomic E-state index is 13.5. The van der Waals surface area contributed by atoms with Gasteiger partial charge in [-0.15, -0.1) is 0 Å². The number of hydrogen-bond acceptors (Lipinski definition) is 4. The number of primary sulfonamides is 1. The average Bonchev–Trinajstić information content (AvgIpc) is 2.37. The van der Waals surface area contributed by atoms with Gasteiger partial charge >= 0.3 is 5.97 Å². The van der Waals surface area contributed by atoms with Crippen molar-refractivity contribution in [1.82, 2.24) is 0 Å². The number of rotatable bonds is 6. The van der Waals surface area contributed by atoms with E-state index in [1.54, 1.807) is 0 Å². The Hall–Kier alpha value is -1.47. The van der Waals surface area contributed by atoms with Gasteiger partial charge in [-0.2, -0.15) is 0 Å². The lowest BCUT2D eigenvalue weighted by Crippen LogP contribution is -2.18. The zero-order valence-electron chi connectivity index (χ0n) is 12.3. The van der Waals surface area contributed by atoms with Crippen molar-refractivity contribution < 1.29 is 22.3 Å². The Kier molecular flexibility index (Phi) is 5.86. The first kappa shape index (κ1) is 17.6.